The van der Waals surface area contributed by atoms with Gasteiger partial charge in [-0.1, -0.05) is 24.3 Å². The highest BCUT2D eigenvalue weighted by Gasteiger charge is 2.44. The molecule has 2 fully saturated rings. The van der Waals surface area contributed by atoms with Crippen LogP contribution in [0.25, 0.3) is 0 Å². The molecular weight excluding hydrogens is 330 g/mol. The summed E-state index contributed by atoms with van der Waals surface area (Å²) < 4.78 is 0. The largest absolute Gasteiger partial charge is 0.343 e. The maximum atomic E-state index is 12.7. The van der Waals surface area contributed by atoms with Gasteiger partial charge in [0, 0.05) is 27.2 Å². The molecule has 1 spiro atoms. The van der Waals surface area contributed by atoms with Gasteiger partial charge in [-0.15, -0.1) is 0 Å². The van der Waals surface area contributed by atoms with Crippen molar-refractivity contribution in [3.05, 3.63) is 35.4 Å². The zero-order valence-electron chi connectivity index (χ0n) is 15.4. The first kappa shape index (κ1) is 17.1. The Hall–Kier alpha value is -2.37. The lowest BCUT2D eigenvalue weighted by Gasteiger charge is -2.40. The predicted octanol–water partition coefficient (Wildman–Crippen LogP) is 1.78. The molecule has 0 bridgehead atoms. The van der Waals surface area contributed by atoms with Crippen LogP contribution in [-0.2, 0) is 21.4 Å². The van der Waals surface area contributed by atoms with E-state index < -0.39 is 6.04 Å². The Morgan fingerprint density at radius 2 is 1.81 bits per heavy atom. The first-order valence-electron chi connectivity index (χ1n) is 9.33. The molecule has 138 valence electrons. The van der Waals surface area contributed by atoms with E-state index in [0.717, 1.165) is 43.7 Å². The Kier molecular flexibility index (Phi) is 4.01. The number of piperidine rings is 1. The molecule has 2 heterocycles. The number of likely N-dealkylation sites (N-methyl/N-ethyl adjacent to an activating group) is 2. The number of amides is 4. The van der Waals surface area contributed by atoms with Gasteiger partial charge in [-0.2, -0.15) is 0 Å². The van der Waals surface area contributed by atoms with Crippen LogP contribution in [0.2, 0.25) is 0 Å². The van der Waals surface area contributed by atoms with Crippen molar-refractivity contribution in [2.45, 2.75) is 43.6 Å². The van der Waals surface area contributed by atoms with Crippen LogP contribution in [0.4, 0.5) is 4.79 Å². The van der Waals surface area contributed by atoms with Crippen molar-refractivity contribution in [3.8, 4) is 0 Å². The lowest BCUT2D eigenvalue weighted by atomic mass is 9.74. The Labute approximate surface area is 153 Å². The molecule has 2 aliphatic heterocycles. The number of rotatable bonds is 2. The lowest BCUT2D eigenvalue weighted by molar-refractivity contribution is -0.137. The van der Waals surface area contributed by atoms with Crippen molar-refractivity contribution in [1.82, 2.24) is 14.7 Å². The number of nitrogens with zero attached hydrogens (tertiary/aromatic N) is 3. The summed E-state index contributed by atoms with van der Waals surface area (Å²) in [4.78, 5) is 41.1. The van der Waals surface area contributed by atoms with E-state index in [-0.39, 0.29) is 29.7 Å². The van der Waals surface area contributed by atoms with Crippen LogP contribution >= 0.6 is 0 Å². The minimum absolute atomic E-state index is 0.0283. The van der Waals surface area contributed by atoms with Crippen molar-refractivity contribution in [1.29, 1.82) is 0 Å². The molecule has 1 aromatic carbocycles. The van der Waals surface area contributed by atoms with Gasteiger partial charge in [-0.05, 0) is 42.2 Å². The molecule has 6 nitrogen and oxygen atoms in total. The van der Waals surface area contributed by atoms with Gasteiger partial charge >= 0.3 is 6.03 Å². The van der Waals surface area contributed by atoms with Crippen molar-refractivity contribution in [2.75, 3.05) is 27.2 Å². The zero-order chi connectivity index (χ0) is 18.5. The molecule has 0 unspecified atom stereocenters. The quantitative estimate of drug-likeness (QED) is 0.760. The van der Waals surface area contributed by atoms with Crippen LogP contribution in [0.15, 0.2) is 24.3 Å². The van der Waals surface area contributed by atoms with Crippen LogP contribution < -0.4 is 0 Å². The summed E-state index contributed by atoms with van der Waals surface area (Å²) in [5, 5.41) is 0. The smallest absolute Gasteiger partial charge is 0.326 e. The highest BCUT2D eigenvalue weighted by Crippen LogP contribution is 2.46. The third kappa shape index (κ3) is 2.50. The van der Waals surface area contributed by atoms with Gasteiger partial charge < -0.3 is 9.80 Å². The molecule has 3 aliphatic rings. The van der Waals surface area contributed by atoms with Crippen LogP contribution in [0.3, 0.4) is 0 Å². The number of aryl methyl sites for hydroxylation is 1. The maximum absolute atomic E-state index is 12.7. The fraction of sp³-hybridized carbons (Fsp3) is 0.550. The van der Waals surface area contributed by atoms with Gasteiger partial charge in [0.2, 0.25) is 5.91 Å². The minimum Gasteiger partial charge on any atom is -0.343 e. The molecule has 4 rings (SSSR count). The summed E-state index contributed by atoms with van der Waals surface area (Å²) >= 11 is 0. The van der Waals surface area contributed by atoms with Gasteiger partial charge in [-0.3, -0.25) is 14.5 Å². The molecule has 0 aromatic heterocycles. The van der Waals surface area contributed by atoms with E-state index >= 15 is 0 Å². The highest BCUT2D eigenvalue weighted by atomic mass is 16.2. The topological polar surface area (TPSA) is 60.9 Å². The van der Waals surface area contributed by atoms with Crippen molar-refractivity contribution < 1.29 is 14.4 Å². The summed E-state index contributed by atoms with van der Waals surface area (Å²) in [5.41, 5.74) is 3.13. The van der Waals surface area contributed by atoms with Crippen LogP contribution in [0, 0.1) is 0 Å². The number of carbonyl (C=O) groups is 3. The predicted molar refractivity (Wildman–Crippen MR) is 96.6 cm³/mol. The van der Waals surface area contributed by atoms with E-state index in [4.69, 9.17) is 0 Å². The average Bonchev–Trinajstić information content (AvgIpc) is 3.10. The summed E-state index contributed by atoms with van der Waals surface area (Å²) in [6.45, 7) is 1.45. The summed E-state index contributed by atoms with van der Waals surface area (Å²) in [6, 6.07) is 7.67. The second kappa shape index (κ2) is 6.11. The molecule has 0 N–H and O–H groups in total. The van der Waals surface area contributed by atoms with E-state index in [0.29, 0.717) is 0 Å². The summed E-state index contributed by atoms with van der Waals surface area (Å²) in [6.07, 6.45) is 4.32. The maximum Gasteiger partial charge on any atom is 0.326 e. The molecule has 1 aromatic rings. The Morgan fingerprint density at radius 1 is 1.12 bits per heavy atom. The van der Waals surface area contributed by atoms with E-state index in [1.165, 1.54) is 23.1 Å². The molecular formula is C20H25N3O3. The number of hydrogen-bond donors (Lipinski definition) is 0. The second-order valence-corrected chi connectivity index (χ2v) is 7.83. The number of fused-ring (bicyclic) bond motifs is 2. The Bertz CT molecular complexity index is 767. The standard InChI is InChI=1S/C20H25N3O3/c1-21-16(18(25)22(2)19(21)26)13-17(24)23-11-9-20(10-12-23)8-7-14-5-3-4-6-15(14)20/h3-6,16H,7-13H2,1-2H3/t16-/m0/s1. The average molecular weight is 355 g/mol. The van der Waals surface area contributed by atoms with E-state index in [1.807, 2.05) is 4.90 Å². The summed E-state index contributed by atoms with van der Waals surface area (Å²) in [5.74, 6) is -0.316. The monoisotopic (exact) mass is 355 g/mol. The van der Waals surface area contributed by atoms with E-state index in [2.05, 4.69) is 24.3 Å². The molecule has 1 atom stereocenters. The molecule has 26 heavy (non-hydrogen) atoms. The zero-order valence-corrected chi connectivity index (χ0v) is 15.4. The van der Waals surface area contributed by atoms with Crippen LogP contribution in [-0.4, -0.2) is 65.8 Å². The number of hydrogen-bond acceptors (Lipinski definition) is 3. The van der Waals surface area contributed by atoms with Crippen LogP contribution in [0.5, 0.6) is 0 Å². The fourth-order valence-corrected chi connectivity index (χ4v) is 4.84. The molecule has 2 saturated heterocycles. The third-order valence-electron chi connectivity index (χ3n) is 6.57. The molecule has 4 amide bonds. The normalized spacial score (nSPS) is 24.5. The van der Waals surface area contributed by atoms with Gasteiger partial charge in [0.25, 0.3) is 5.91 Å². The number of likely N-dealkylation sites (tertiary alicyclic amines) is 1. The molecule has 6 heteroatoms. The minimum atomic E-state index is -0.664. The van der Waals surface area contributed by atoms with Gasteiger partial charge in [0.15, 0.2) is 0 Å². The van der Waals surface area contributed by atoms with Gasteiger partial charge in [0.1, 0.15) is 6.04 Å². The van der Waals surface area contributed by atoms with Crippen molar-refractivity contribution in [2.24, 2.45) is 0 Å². The van der Waals surface area contributed by atoms with Crippen molar-refractivity contribution in [3.63, 3.8) is 0 Å². The fourth-order valence-electron chi connectivity index (χ4n) is 4.84. The van der Waals surface area contributed by atoms with Gasteiger partial charge in [0.05, 0.1) is 6.42 Å². The number of imide groups is 1. The van der Waals surface area contributed by atoms with Crippen LogP contribution in [0.1, 0.15) is 36.8 Å². The molecule has 0 radical (unpaired) electrons. The number of benzene rings is 1. The SMILES string of the molecule is CN1C(=O)[C@H](CC(=O)N2CCC3(CCc4ccccc43)CC2)N(C)C1=O. The number of urea groups is 1. The first-order chi connectivity index (χ1) is 12.4. The van der Waals surface area contributed by atoms with E-state index in [9.17, 15) is 14.4 Å². The molecule has 0 saturated carbocycles. The third-order valence-corrected chi connectivity index (χ3v) is 6.57. The Balaban J connectivity index is 1.41. The summed E-state index contributed by atoms with van der Waals surface area (Å²) in [7, 11) is 3.05. The van der Waals surface area contributed by atoms with E-state index in [1.54, 1.807) is 7.05 Å². The van der Waals surface area contributed by atoms with Gasteiger partial charge in [-0.25, -0.2) is 4.79 Å². The Morgan fingerprint density at radius 3 is 2.46 bits per heavy atom. The lowest BCUT2D eigenvalue weighted by Crippen LogP contribution is -2.46. The second-order valence-electron chi connectivity index (χ2n) is 7.83. The number of carbonyl (C=O) groups excluding carboxylic acids is 3. The molecule has 1 aliphatic carbocycles. The highest BCUT2D eigenvalue weighted by molar-refractivity contribution is 6.05. The van der Waals surface area contributed by atoms with Crippen molar-refractivity contribution >= 4 is 17.8 Å². The first-order valence-corrected chi connectivity index (χ1v) is 9.33.